The molecule has 0 aromatic heterocycles. The van der Waals surface area contributed by atoms with Crippen LogP contribution in [0.5, 0.6) is 0 Å². The Labute approximate surface area is 280 Å². The first-order valence-corrected chi connectivity index (χ1v) is 16.5. The van der Waals surface area contributed by atoms with E-state index in [1.165, 1.54) is 11.0 Å². The van der Waals surface area contributed by atoms with Gasteiger partial charge >= 0.3 is 12.1 Å². The highest BCUT2D eigenvalue weighted by Crippen LogP contribution is 2.27. The first-order chi connectivity index (χ1) is 21.9. The van der Waals surface area contributed by atoms with E-state index < -0.39 is 64.5 Å². The van der Waals surface area contributed by atoms with Gasteiger partial charge in [-0.25, -0.2) is 9.59 Å². The van der Waals surface area contributed by atoms with Crippen LogP contribution in [0.1, 0.15) is 80.1 Å². The standard InChI is InChI=1S/C34H55N7O6/c1-10-12-13-16-23(26(42)29(44)35-18-11-2)36-28(43)24-17-14-21-41(24)30(45)27(34(6,7)8)38-31(46)37-25(33(3,4)5)22-40-20-15-19-39(9)32(40)47/h1,11,23-25,27H,2,12-22H2,3-9H3,(H,35,44)(H,36,43)(H2,37,38,46)/t23?,24-,25+,27+/m0/s1. The number of urea groups is 2. The molecule has 4 N–H and O–H groups in total. The fraction of sp³-hybridized carbons (Fsp3) is 0.706. The summed E-state index contributed by atoms with van der Waals surface area (Å²) >= 11 is 0. The molecule has 0 aromatic rings. The van der Waals surface area contributed by atoms with Crippen molar-refractivity contribution in [3.8, 4) is 12.3 Å². The van der Waals surface area contributed by atoms with Crippen LogP contribution in [0.25, 0.3) is 0 Å². The summed E-state index contributed by atoms with van der Waals surface area (Å²) in [5, 5.41) is 11.0. The molecule has 2 aliphatic heterocycles. The van der Waals surface area contributed by atoms with Crippen LogP contribution >= 0.6 is 0 Å². The molecule has 13 heteroatoms. The van der Waals surface area contributed by atoms with Gasteiger partial charge < -0.3 is 36.0 Å². The van der Waals surface area contributed by atoms with Crippen LogP contribution in [0.3, 0.4) is 0 Å². The Morgan fingerprint density at radius 3 is 2.28 bits per heavy atom. The van der Waals surface area contributed by atoms with E-state index >= 15 is 0 Å². The first kappa shape index (κ1) is 39.1. The van der Waals surface area contributed by atoms with Gasteiger partial charge in [-0.3, -0.25) is 19.2 Å². The Morgan fingerprint density at radius 2 is 1.68 bits per heavy atom. The number of amides is 7. The van der Waals surface area contributed by atoms with Crippen LogP contribution in [0.2, 0.25) is 0 Å². The molecule has 1 unspecified atom stereocenters. The summed E-state index contributed by atoms with van der Waals surface area (Å²) in [5.41, 5.74) is -1.12. The lowest BCUT2D eigenvalue weighted by Crippen LogP contribution is -2.62. The van der Waals surface area contributed by atoms with Gasteiger partial charge in [-0.1, -0.05) is 47.6 Å². The maximum absolute atomic E-state index is 14.1. The molecule has 7 amide bonds. The zero-order chi connectivity index (χ0) is 35.5. The minimum absolute atomic E-state index is 0.0915. The Bertz CT molecular complexity index is 1210. The number of rotatable bonds is 14. The average molecular weight is 658 g/mol. The number of Topliss-reactive ketones (excluding diaryl/α,β-unsaturated/α-hetero) is 1. The zero-order valence-corrected chi connectivity index (χ0v) is 29.2. The van der Waals surface area contributed by atoms with Crippen LogP contribution in [-0.2, 0) is 19.2 Å². The van der Waals surface area contributed by atoms with E-state index in [-0.39, 0.29) is 25.5 Å². The molecule has 0 radical (unpaired) electrons. The van der Waals surface area contributed by atoms with Gasteiger partial charge in [0.25, 0.3) is 5.91 Å². The lowest BCUT2D eigenvalue weighted by molar-refractivity contribution is -0.143. The highest BCUT2D eigenvalue weighted by atomic mass is 16.2. The number of likely N-dealkylation sites (tertiary alicyclic amines) is 1. The third-order valence-corrected chi connectivity index (χ3v) is 8.58. The van der Waals surface area contributed by atoms with Gasteiger partial charge in [-0.05, 0) is 42.9 Å². The van der Waals surface area contributed by atoms with Crippen LogP contribution in [0, 0.1) is 23.2 Å². The summed E-state index contributed by atoms with van der Waals surface area (Å²) in [6.07, 6.45) is 9.48. The molecular weight excluding hydrogens is 602 g/mol. The van der Waals surface area contributed by atoms with Crippen molar-refractivity contribution in [1.29, 1.82) is 0 Å². The Balaban J connectivity index is 2.20. The van der Waals surface area contributed by atoms with E-state index in [9.17, 15) is 28.8 Å². The van der Waals surface area contributed by atoms with Crippen molar-refractivity contribution in [2.75, 3.05) is 39.8 Å². The molecule has 2 rings (SSSR count). The van der Waals surface area contributed by atoms with E-state index in [1.54, 1.807) is 16.8 Å². The Hall–Kier alpha value is -4.08. The molecule has 262 valence electrons. The summed E-state index contributed by atoms with van der Waals surface area (Å²) in [5.74, 6) is -0.127. The van der Waals surface area contributed by atoms with Gasteiger partial charge in [-0.15, -0.1) is 18.9 Å². The number of carbonyl (C=O) groups excluding carboxylic acids is 6. The minimum Gasteiger partial charge on any atom is -0.346 e. The van der Waals surface area contributed by atoms with Gasteiger partial charge in [0.15, 0.2) is 0 Å². The molecule has 0 saturated carbocycles. The van der Waals surface area contributed by atoms with Crippen molar-refractivity contribution in [3.63, 3.8) is 0 Å². The summed E-state index contributed by atoms with van der Waals surface area (Å²) in [4.78, 5) is 84.0. The van der Waals surface area contributed by atoms with Crippen molar-refractivity contribution in [2.24, 2.45) is 10.8 Å². The first-order valence-electron chi connectivity index (χ1n) is 16.5. The number of hydrogen-bond acceptors (Lipinski definition) is 6. The summed E-state index contributed by atoms with van der Waals surface area (Å²) in [6.45, 7) is 16.9. The lowest BCUT2D eigenvalue weighted by Gasteiger charge is -2.40. The van der Waals surface area contributed by atoms with Crippen molar-refractivity contribution in [2.45, 2.75) is 104 Å². The second-order valence-corrected chi connectivity index (χ2v) is 14.5. The molecular formula is C34H55N7O6. The Morgan fingerprint density at radius 1 is 1.00 bits per heavy atom. The van der Waals surface area contributed by atoms with Crippen LogP contribution in [0.4, 0.5) is 9.59 Å². The number of nitrogens with one attached hydrogen (secondary N) is 4. The maximum Gasteiger partial charge on any atom is 0.319 e. The molecule has 0 spiro atoms. The number of hydrogen-bond donors (Lipinski definition) is 4. The molecule has 2 saturated heterocycles. The molecule has 47 heavy (non-hydrogen) atoms. The number of unbranched alkanes of at least 4 members (excludes halogenated alkanes) is 1. The SMILES string of the molecule is C#CCCCC(NC(=O)[C@@H]1CCCN1C(=O)[C@@H](NC(=O)N[C@H](CN1CCCN(C)C1=O)C(C)(C)C)C(C)(C)C)C(=O)C(=O)NCC=C. The summed E-state index contributed by atoms with van der Waals surface area (Å²) in [6, 6.07) is -4.04. The molecule has 0 aliphatic carbocycles. The molecule has 13 nitrogen and oxygen atoms in total. The molecule has 2 fully saturated rings. The van der Waals surface area contributed by atoms with Crippen molar-refractivity contribution in [3.05, 3.63) is 12.7 Å². The Kier molecular flexibility index (Phi) is 14.3. The van der Waals surface area contributed by atoms with Crippen molar-refractivity contribution >= 4 is 35.6 Å². The van der Waals surface area contributed by atoms with Gasteiger partial charge in [-0.2, -0.15) is 0 Å². The molecule has 2 heterocycles. The van der Waals surface area contributed by atoms with Gasteiger partial charge in [0.2, 0.25) is 17.6 Å². The second kappa shape index (κ2) is 17.2. The minimum atomic E-state index is -1.11. The zero-order valence-electron chi connectivity index (χ0n) is 29.2. The number of carbonyl (C=O) groups is 6. The lowest BCUT2D eigenvalue weighted by atomic mass is 9.85. The van der Waals surface area contributed by atoms with E-state index in [0.29, 0.717) is 45.3 Å². The van der Waals surface area contributed by atoms with E-state index in [2.05, 4.69) is 33.8 Å². The smallest absolute Gasteiger partial charge is 0.319 e. The number of ketones is 1. The fourth-order valence-electron chi connectivity index (χ4n) is 5.66. The third kappa shape index (κ3) is 11.3. The van der Waals surface area contributed by atoms with Crippen molar-refractivity contribution < 1.29 is 28.8 Å². The molecule has 0 bridgehead atoms. The highest BCUT2D eigenvalue weighted by molar-refractivity contribution is 6.38. The predicted molar refractivity (Wildman–Crippen MR) is 180 cm³/mol. The molecule has 4 atom stereocenters. The van der Waals surface area contributed by atoms with E-state index in [4.69, 9.17) is 6.42 Å². The number of terminal acetylenes is 1. The quantitative estimate of drug-likeness (QED) is 0.0968. The van der Waals surface area contributed by atoms with Gasteiger partial charge in [0, 0.05) is 46.2 Å². The van der Waals surface area contributed by atoms with E-state index in [0.717, 1.165) is 6.42 Å². The van der Waals surface area contributed by atoms with Crippen LogP contribution in [-0.4, -0.2) is 114 Å². The largest absolute Gasteiger partial charge is 0.346 e. The normalized spacial score (nSPS) is 18.8. The highest BCUT2D eigenvalue weighted by Gasteiger charge is 2.43. The molecule has 0 aromatic carbocycles. The van der Waals surface area contributed by atoms with Gasteiger partial charge in [0.05, 0.1) is 12.1 Å². The molecule has 2 aliphatic rings. The van der Waals surface area contributed by atoms with Crippen LogP contribution < -0.4 is 21.3 Å². The maximum atomic E-state index is 14.1. The average Bonchev–Trinajstić information content (AvgIpc) is 3.48. The van der Waals surface area contributed by atoms with E-state index in [1.807, 2.05) is 41.5 Å². The topological polar surface area (TPSA) is 160 Å². The summed E-state index contributed by atoms with van der Waals surface area (Å²) in [7, 11) is 1.75. The number of nitrogens with zero attached hydrogens (tertiary/aromatic N) is 3. The van der Waals surface area contributed by atoms with Crippen LogP contribution in [0.15, 0.2) is 12.7 Å². The monoisotopic (exact) mass is 657 g/mol. The fourth-order valence-corrected chi connectivity index (χ4v) is 5.66. The second-order valence-electron chi connectivity index (χ2n) is 14.5. The summed E-state index contributed by atoms with van der Waals surface area (Å²) < 4.78 is 0. The predicted octanol–water partition coefficient (Wildman–Crippen LogP) is 2.02. The van der Waals surface area contributed by atoms with Gasteiger partial charge in [0.1, 0.15) is 12.1 Å². The van der Waals surface area contributed by atoms with Crippen molar-refractivity contribution in [1.82, 2.24) is 36.0 Å². The third-order valence-electron chi connectivity index (χ3n) is 8.58.